The van der Waals surface area contributed by atoms with Crippen LogP contribution in [0.4, 0.5) is 0 Å². The van der Waals surface area contributed by atoms with Crippen molar-refractivity contribution < 1.29 is 5.11 Å². The van der Waals surface area contributed by atoms with Gasteiger partial charge in [-0.15, -0.1) is 0 Å². The van der Waals surface area contributed by atoms with Gasteiger partial charge in [-0.25, -0.2) is 0 Å². The van der Waals surface area contributed by atoms with Crippen molar-refractivity contribution in [3.05, 3.63) is 64.7 Å². The lowest BCUT2D eigenvalue weighted by atomic mass is 10.1. The van der Waals surface area contributed by atoms with Crippen LogP contribution in [0.5, 0.6) is 5.75 Å². The predicted molar refractivity (Wildman–Crippen MR) is 74.6 cm³/mol. The molecule has 2 rings (SSSR count). The van der Waals surface area contributed by atoms with Gasteiger partial charge in [-0.05, 0) is 36.1 Å². The smallest absolute Gasteiger partial charge is 0.121 e. The highest BCUT2D eigenvalue weighted by Crippen LogP contribution is 2.22. The molecule has 0 aliphatic carbocycles. The van der Waals surface area contributed by atoms with Crippen LogP contribution in [0, 0.1) is 13.8 Å². The summed E-state index contributed by atoms with van der Waals surface area (Å²) < 4.78 is 0. The first-order valence-corrected chi connectivity index (χ1v) is 6.20. The van der Waals surface area contributed by atoms with Crippen molar-refractivity contribution in [2.75, 3.05) is 0 Å². The van der Waals surface area contributed by atoms with Crippen LogP contribution >= 0.6 is 0 Å². The van der Waals surface area contributed by atoms with E-state index in [1.807, 2.05) is 44.2 Å². The standard InChI is InChI=1S/C16H19NO/c1-12-8-15(9-13(2)16(12)18)11-17-10-14-6-4-3-5-7-14/h3-9,17-18H,10-11H2,1-2H3. The Labute approximate surface area is 108 Å². The minimum atomic E-state index is 0.404. The SMILES string of the molecule is Cc1cc(CNCc2ccccc2)cc(C)c1O. The third kappa shape index (κ3) is 3.11. The van der Waals surface area contributed by atoms with Crippen molar-refractivity contribution in [1.29, 1.82) is 0 Å². The molecule has 2 aromatic carbocycles. The molecule has 0 spiro atoms. The molecule has 2 nitrogen and oxygen atoms in total. The molecule has 0 heterocycles. The van der Waals surface area contributed by atoms with E-state index in [0.29, 0.717) is 5.75 Å². The number of hydrogen-bond acceptors (Lipinski definition) is 2. The lowest BCUT2D eigenvalue weighted by molar-refractivity contribution is 0.466. The zero-order valence-electron chi connectivity index (χ0n) is 10.9. The molecule has 0 atom stereocenters. The van der Waals surface area contributed by atoms with Gasteiger partial charge in [0, 0.05) is 13.1 Å². The average molecular weight is 241 g/mol. The summed E-state index contributed by atoms with van der Waals surface area (Å²) in [6.45, 7) is 5.54. The van der Waals surface area contributed by atoms with Crippen LogP contribution in [0.25, 0.3) is 0 Å². The first-order valence-electron chi connectivity index (χ1n) is 6.20. The molecule has 0 bridgehead atoms. The lowest BCUT2D eigenvalue weighted by Gasteiger charge is -2.09. The number of phenols is 1. The summed E-state index contributed by atoms with van der Waals surface area (Å²) in [5.41, 5.74) is 4.36. The molecule has 2 heteroatoms. The molecule has 18 heavy (non-hydrogen) atoms. The molecule has 0 saturated carbocycles. The van der Waals surface area contributed by atoms with Crippen molar-refractivity contribution in [3.63, 3.8) is 0 Å². The number of hydrogen-bond donors (Lipinski definition) is 2. The largest absolute Gasteiger partial charge is 0.507 e. The fourth-order valence-electron chi connectivity index (χ4n) is 2.09. The Bertz CT molecular complexity index is 497. The van der Waals surface area contributed by atoms with E-state index in [1.165, 1.54) is 11.1 Å². The summed E-state index contributed by atoms with van der Waals surface area (Å²) >= 11 is 0. The van der Waals surface area contributed by atoms with Gasteiger partial charge in [0.25, 0.3) is 0 Å². The number of nitrogens with one attached hydrogen (secondary N) is 1. The normalized spacial score (nSPS) is 10.6. The van der Waals surface area contributed by atoms with Gasteiger partial charge in [0.05, 0.1) is 0 Å². The minimum Gasteiger partial charge on any atom is -0.507 e. The molecule has 0 saturated heterocycles. The summed E-state index contributed by atoms with van der Waals surface area (Å²) in [6, 6.07) is 14.4. The van der Waals surface area contributed by atoms with Gasteiger partial charge in [0.15, 0.2) is 0 Å². The first kappa shape index (κ1) is 12.7. The summed E-state index contributed by atoms with van der Waals surface area (Å²) in [4.78, 5) is 0. The fourth-order valence-corrected chi connectivity index (χ4v) is 2.09. The second-order valence-electron chi connectivity index (χ2n) is 4.67. The van der Waals surface area contributed by atoms with Crippen LogP contribution in [0.3, 0.4) is 0 Å². The second kappa shape index (κ2) is 5.69. The highest BCUT2D eigenvalue weighted by molar-refractivity contribution is 5.42. The third-order valence-corrected chi connectivity index (χ3v) is 3.05. The minimum absolute atomic E-state index is 0.404. The van der Waals surface area contributed by atoms with Gasteiger partial charge < -0.3 is 10.4 Å². The Morgan fingerprint density at radius 2 is 1.44 bits per heavy atom. The summed E-state index contributed by atoms with van der Waals surface area (Å²) in [5.74, 6) is 0.404. The number of phenolic OH excluding ortho intramolecular Hbond substituents is 1. The van der Waals surface area contributed by atoms with Crippen LogP contribution < -0.4 is 5.32 Å². The molecule has 94 valence electrons. The molecule has 0 unspecified atom stereocenters. The molecule has 0 aromatic heterocycles. The highest BCUT2D eigenvalue weighted by atomic mass is 16.3. The van der Waals surface area contributed by atoms with E-state index >= 15 is 0 Å². The third-order valence-electron chi connectivity index (χ3n) is 3.05. The maximum atomic E-state index is 9.71. The van der Waals surface area contributed by atoms with Crippen LogP contribution in [0.15, 0.2) is 42.5 Å². The molecule has 0 fully saturated rings. The Kier molecular flexibility index (Phi) is 4.00. The van der Waals surface area contributed by atoms with E-state index in [9.17, 15) is 5.11 Å². The molecule has 2 N–H and O–H groups in total. The van der Waals surface area contributed by atoms with Crippen molar-refractivity contribution >= 4 is 0 Å². The van der Waals surface area contributed by atoms with Crippen LogP contribution in [-0.2, 0) is 13.1 Å². The fraction of sp³-hybridized carbons (Fsp3) is 0.250. The number of aryl methyl sites for hydroxylation is 2. The van der Waals surface area contributed by atoms with E-state index < -0.39 is 0 Å². The van der Waals surface area contributed by atoms with E-state index in [-0.39, 0.29) is 0 Å². The van der Waals surface area contributed by atoms with Crippen molar-refractivity contribution in [3.8, 4) is 5.75 Å². The monoisotopic (exact) mass is 241 g/mol. The molecular weight excluding hydrogens is 222 g/mol. The number of benzene rings is 2. The van der Waals surface area contributed by atoms with Gasteiger partial charge >= 0.3 is 0 Å². The van der Waals surface area contributed by atoms with Crippen LogP contribution in [0.1, 0.15) is 22.3 Å². The molecule has 0 amide bonds. The zero-order valence-corrected chi connectivity index (χ0v) is 10.9. The Balaban J connectivity index is 1.95. The molecule has 0 aliphatic heterocycles. The quantitative estimate of drug-likeness (QED) is 0.860. The molecule has 0 radical (unpaired) electrons. The molecular formula is C16H19NO. The number of rotatable bonds is 4. The van der Waals surface area contributed by atoms with Crippen molar-refractivity contribution in [1.82, 2.24) is 5.32 Å². The van der Waals surface area contributed by atoms with Gasteiger partial charge in [-0.3, -0.25) is 0 Å². The van der Waals surface area contributed by atoms with Gasteiger partial charge in [-0.1, -0.05) is 42.5 Å². The molecule has 0 aliphatic rings. The molecule has 2 aromatic rings. The van der Waals surface area contributed by atoms with Crippen molar-refractivity contribution in [2.24, 2.45) is 0 Å². The first-order chi connectivity index (χ1) is 8.66. The Morgan fingerprint density at radius 1 is 0.889 bits per heavy atom. The van der Waals surface area contributed by atoms with E-state index in [4.69, 9.17) is 0 Å². The second-order valence-corrected chi connectivity index (χ2v) is 4.67. The average Bonchev–Trinajstić information content (AvgIpc) is 2.37. The Hall–Kier alpha value is -1.80. The maximum absolute atomic E-state index is 9.71. The van der Waals surface area contributed by atoms with Gasteiger partial charge in [0.1, 0.15) is 5.75 Å². The van der Waals surface area contributed by atoms with Crippen LogP contribution in [-0.4, -0.2) is 5.11 Å². The highest BCUT2D eigenvalue weighted by Gasteiger charge is 2.03. The number of aromatic hydroxyl groups is 1. The topological polar surface area (TPSA) is 32.3 Å². The van der Waals surface area contributed by atoms with Crippen molar-refractivity contribution in [2.45, 2.75) is 26.9 Å². The lowest BCUT2D eigenvalue weighted by Crippen LogP contribution is -2.12. The van der Waals surface area contributed by atoms with Crippen LogP contribution in [0.2, 0.25) is 0 Å². The zero-order chi connectivity index (χ0) is 13.0. The van der Waals surface area contributed by atoms with E-state index in [0.717, 1.165) is 24.2 Å². The summed E-state index contributed by atoms with van der Waals surface area (Å²) in [6.07, 6.45) is 0. The Morgan fingerprint density at radius 3 is 2.06 bits per heavy atom. The van der Waals surface area contributed by atoms with E-state index in [2.05, 4.69) is 17.4 Å². The summed E-state index contributed by atoms with van der Waals surface area (Å²) in [7, 11) is 0. The van der Waals surface area contributed by atoms with Gasteiger partial charge in [0.2, 0.25) is 0 Å². The maximum Gasteiger partial charge on any atom is 0.121 e. The summed E-state index contributed by atoms with van der Waals surface area (Å²) in [5, 5.41) is 13.1. The predicted octanol–water partition coefficient (Wildman–Crippen LogP) is 3.30. The van der Waals surface area contributed by atoms with Gasteiger partial charge in [-0.2, -0.15) is 0 Å². The van der Waals surface area contributed by atoms with E-state index in [1.54, 1.807) is 0 Å².